The van der Waals surface area contributed by atoms with Gasteiger partial charge in [-0.25, -0.2) is 0 Å². The third-order valence-electron chi connectivity index (χ3n) is 3.69. The molecule has 1 aliphatic heterocycles. The van der Waals surface area contributed by atoms with Gasteiger partial charge in [0, 0.05) is 35.1 Å². The van der Waals surface area contributed by atoms with Crippen molar-refractivity contribution in [3.63, 3.8) is 0 Å². The summed E-state index contributed by atoms with van der Waals surface area (Å²) in [4.78, 5) is 16.2. The van der Waals surface area contributed by atoms with Crippen molar-refractivity contribution in [3.05, 3.63) is 33.7 Å². The maximum Gasteiger partial charge on any atom is 0.227 e. The summed E-state index contributed by atoms with van der Waals surface area (Å²) in [7, 11) is 0. The molecule has 1 amide bonds. The highest BCUT2D eigenvalue weighted by Gasteiger charge is 2.16. The molecule has 0 spiro atoms. The van der Waals surface area contributed by atoms with Gasteiger partial charge in [-0.1, -0.05) is 17.3 Å². The first kappa shape index (κ1) is 16.4. The van der Waals surface area contributed by atoms with Gasteiger partial charge in [0.1, 0.15) is 0 Å². The summed E-state index contributed by atoms with van der Waals surface area (Å²) in [5.74, 6) is 1.01. The fourth-order valence-corrected chi connectivity index (χ4v) is 2.77. The summed E-state index contributed by atoms with van der Waals surface area (Å²) in [6.45, 7) is 1.38. The summed E-state index contributed by atoms with van der Waals surface area (Å²) in [5.41, 5.74) is 0.906. The molecule has 0 saturated carbocycles. The van der Waals surface area contributed by atoms with E-state index in [1.54, 1.807) is 0 Å². The third-order valence-corrected chi connectivity index (χ3v) is 4.41. The largest absolute Gasteiger partial charge is 0.376 e. The van der Waals surface area contributed by atoms with Crippen molar-refractivity contribution >= 4 is 28.5 Å². The molecule has 1 fully saturated rings. The number of aryl methyl sites for hydroxylation is 1. The zero-order chi connectivity index (χ0) is 16.1. The van der Waals surface area contributed by atoms with Crippen LogP contribution in [0.3, 0.4) is 0 Å². The average Bonchev–Trinajstić information content (AvgIpc) is 3.23. The van der Waals surface area contributed by atoms with Crippen LogP contribution >= 0.6 is 22.6 Å². The Morgan fingerprint density at radius 1 is 1.35 bits per heavy atom. The van der Waals surface area contributed by atoms with E-state index in [-0.39, 0.29) is 12.0 Å². The second kappa shape index (κ2) is 7.87. The summed E-state index contributed by atoms with van der Waals surface area (Å²) in [6, 6.07) is 7.88. The maximum atomic E-state index is 11.8. The molecule has 1 aromatic heterocycles. The Morgan fingerprint density at radius 3 is 2.91 bits per heavy atom. The number of carbonyl (C=O) groups excluding carboxylic acids is 1. The second-order valence-corrected chi connectivity index (χ2v) is 6.70. The minimum atomic E-state index is -0.0190. The first-order chi connectivity index (χ1) is 11.2. The van der Waals surface area contributed by atoms with Gasteiger partial charge in [-0.3, -0.25) is 4.79 Å². The number of ether oxygens (including phenoxy) is 1. The third kappa shape index (κ3) is 4.74. The van der Waals surface area contributed by atoms with Crippen LogP contribution in [-0.4, -0.2) is 35.3 Å². The van der Waals surface area contributed by atoms with Crippen LogP contribution in [0.1, 0.15) is 25.2 Å². The standard InChI is InChI=1S/C16H18IN3O3/c17-12-5-3-11(4-6-12)16-19-15(23-20-16)8-7-14(21)18-10-13-2-1-9-22-13/h3-6,13H,1-2,7-10H2,(H,18,21)/t13-/m1/s1. The Labute approximate surface area is 148 Å². The van der Waals surface area contributed by atoms with Gasteiger partial charge >= 0.3 is 0 Å². The van der Waals surface area contributed by atoms with Crippen LogP contribution in [0.2, 0.25) is 0 Å². The van der Waals surface area contributed by atoms with Crippen molar-refractivity contribution in [2.24, 2.45) is 0 Å². The Hall–Kier alpha value is -1.48. The number of benzene rings is 1. The summed E-state index contributed by atoms with van der Waals surface area (Å²) < 4.78 is 11.8. The number of rotatable bonds is 6. The molecule has 1 saturated heterocycles. The molecule has 2 aromatic rings. The first-order valence-electron chi connectivity index (χ1n) is 7.67. The monoisotopic (exact) mass is 427 g/mol. The van der Waals surface area contributed by atoms with Crippen LogP contribution in [0.15, 0.2) is 28.8 Å². The van der Waals surface area contributed by atoms with E-state index in [1.807, 2.05) is 24.3 Å². The molecule has 1 aliphatic rings. The maximum absolute atomic E-state index is 11.8. The number of hydrogen-bond acceptors (Lipinski definition) is 5. The van der Waals surface area contributed by atoms with E-state index >= 15 is 0 Å². The van der Waals surface area contributed by atoms with E-state index < -0.39 is 0 Å². The molecule has 1 aromatic carbocycles. The molecule has 2 heterocycles. The number of halogens is 1. The Bertz CT molecular complexity index is 651. The van der Waals surface area contributed by atoms with Crippen molar-refractivity contribution in [3.8, 4) is 11.4 Å². The minimum Gasteiger partial charge on any atom is -0.376 e. The molecule has 1 N–H and O–H groups in total. The fraction of sp³-hybridized carbons (Fsp3) is 0.438. The van der Waals surface area contributed by atoms with Gasteiger partial charge in [0.05, 0.1) is 6.10 Å². The van der Waals surface area contributed by atoms with E-state index in [0.29, 0.717) is 31.1 Å². The van der Waals surface area contributed by atoms with Gasteiger partial charge in [-0.15, -0.1) is 0 Å². The van der Waals surface area contributed by atoms with Crippen LogP contribution < -0.4 is 5.32 Å². The Balaban J connectivity index is 1.47. The summed E-state index contributed by atoms with van der Waals surface area (Å²) >= 11 is 2.25. The molecule has 23 heavy (non-hydrogen) atoms. The lowest BCUT2D eigenvalue weighted by molar-refractivity contribution is -0.121. The predicted octanol–water partition coefficient (Wildman–Crippen LogP) is 2.57. The molecule has 3 rings (SSSR count). The molecule has 1 atom stereocenters. The molecular formula is C16H18IN3O3. The molecule has 6 nitrogen and oxygen atoms in total. The topological polar surface area (TPSA) is 77.2 Å². The van der Waals surface area contributed by atoms with Crippen LogP contribution in [-0.2, 0) is 16.0 Å². The van der Waals surface area contributed by atoms with Crippen LogP contribution in [0, 0.1) is 3.57 Å². The minimum absolute atomic E-state index is 0.0190. The van der Waals surface area contributed by atoms with Gasteiger partial charge in [0.2, 0.25) is 17.6 Å². The Morgan fingerprint density at radius 2 is 2.17 bits per heavy atom. The van der Waals surface area contributed by atoms with Gasteiger partial charge in [-0.2, -0.15) is 4.98 Å². The fourth-order valence-electron chi connectivity index (χ4n) is 2.41. The van der Waals surface area contributed by atoms with E-state index in [0.717, 1.165) is 28.6 Å². The van der Waals surface area contributed by atoms with Crippen LogP contribution in [0.4, 0.5) is 0 Å². The van der Waals surface area contributed by atoms with E-state index in [4.69, 9.17) is 9.26 Å². The summed E-state index contributed by atoms with van der Waals surface area (Å²) in [6.07, 6.45) is 3.03. The van der Waals surface area contributed by atoms with Gasteiger partial charge < -0.3 is 14.6 Å². The van der Waals surface area contributed by atoms with Crippen molar-refractivity contribution in [2.45, 2.75) is 31.8 Å². The van der Waals surface area contributed by atoms with Crippen molar-refractivity contribution in [2.75, 3.05) is 13.2 Å². The molecule has 0 bridgehead atoms. The highest BCUT2D eigenvalue weighted by Crippen LogP contribution is 2.17. The molecule has 7 heteroatoms. The first-order valence-corrected chi connectivity index (χ1v) is 8.75. The van der Waals surface area contributed by atoms with Crippen LogP contribution in [0.25, 0.3) is 11.4 Å². The lowest BCUT2D eigenvalue weighted by Crippen LogP contribution is -2.31. The highest BCUT2D eigenvalue weighted by atomic mass is 127. The number of aromatic nitrogens is 2. The number of carbonyl (C=O) groups is 1. The van der Waals surface area contributed by atoms with Crippen molar-refractivity contribution < 1.29 is 14.1 Å². The van der Waals surface area contributed by atoms with E-state index in [1.165, 1.54) is 0 Å². The molecule has 0 aliphatic carbocycles. The zero-order valence-corrected chi connectivity index (χ0v) is 14.8. The number of nitrogens with one attached hydrogen (secondary N) is 1. The normalized spacial score (nSPS) is 17.3. The molecule has 122 valence electrons. The molecule has 0 radical (unpaired) electrons. The van der Waals surface area contributed by atoms with Gasteiger partial charge in [0.25, 0.3) is 0 Å². The van der Waals surface area contributed by atoms with Gasteiger partial charge in [0.15, 0.2) is 0 Å². The highest BCUT2D eigenvalue weighted by molar-refractivity contribution is 14.1. The zero-order valence-electron chi connectivity index (χ0n) is 12.6. The van der Waals surface area contributed by atoms with Crippen molar-refractivity contribution in [1.29, 1.82) is 0 Å². The van der Waals surface area contributed by atoms with Gasteiger partial charge in [-0.05, 0) is 47.6 Å². The average molecular weight is 427 g/mol. The summed E-state index contributed by atoms with van der Waals surface area (Å²) in [5, 5.41) is 6.85. The van der Waals surface area contributed by atoms with Crippen molar-refractivity contribution in [1.82, 2.24) is 15.5 Å². The smallest absolute Gasteiger partial charge is 0.227 e. The van der Waals surface area contributed by atoms with E-state index in [9.17, 15) is 4.79 Å². The number of nitrogens with zero attached hydrogens (tertiary/aromatic N) is 2. The predicted molar refractivity (Wildman–Crippen MR) is 92.8 cm³/mol. The molecule has 0 unspecified atom stereocenters. The lowest BCUT2D eigenvalue weighted by atomic mass is 10.2. The SMILES string of the molecule is O=C(CCc1nc(-c2ccc(I)cc2)no1)NC[C@H]1CCCO1. The lowest BCUT2D eigenvalue weighted by Gasteiger charge is -2.09. The number of hydrogen-bond donors (Lipinski definition) is 1. The molecular weight excluding hydrogens is 409 g/mol. The Kier molecular flexibility index (Phi) is 5.60. The van der Waals surface area contributed by atoms with E-state index in [2.05, 4.69) is 38.0 Å². The quantitative estimate of drug-likeness (QED) is 0.718. The number of amides is 1. The van der Waals surface area contributed by atoms with Crippen LogP contribution in [0.5, 0.6) is 0 Å². The second-order valence-electron chi connectivity index (χ2n) is 5.46.